The van der Waals surface area contributed by atoms with E-state index in [1.54, 1.807) is 41.1 Å². The molecule has 0 fully saturated rings. The number of aliphatic hydroxyl groups excluding tert-OH is 1. The van der Waals surface area contributed by atoms with Crippen LogP contribution < -0.4 is 10.6 Å². The average molecular weight is 512 g/mol. The molecule has 4 aromatic rings. The monoisotopic (exact) mass is 511 g/mol. The molecule has 0 saturated heterocycles. The number of nitrogens with one attached hydrogen (secondary N) is 2. The molecule has 0 aliphatic rings. The van der Waals surface area contributed by atoms with E-state index in [1.807, 2.05) is 30.7 Å². The first-order chi connectivity index (χ1) is 16.9. The van der Waals surface area contributed by atoms with Gasteiger partial charge in [-0.3, -0.25) is 14.0 Å². The number of carbonyl (C=O) groups is 2. The Morgan fingerprint density at radius 3 is 2.69 bits per heavy atom. The maximum Gasteiger partial charge on any atom is 0.270 e. The molecular weight excluding hydrogens is 486 g/mol. The van der Waals surface area contributed by atoms with Crippen molar-refractivity contribution in [3.63, 3.8) is 0 Å². The van der Waals surface area contributed by atoms with Gasteiger partial charge in [-0.2, -0.15) is 11.3 Å². The van der Waals surface area contributed by atoms with Crippen LogP contribution in [0.5, 0.6) is 0 Å². The summed E-state index contributed by atoms with van der Waals surface area (Å²) < 4.78 is 1.63. The fourth-order valence-corrected chi connectivity index (χ4v) is 4.61. The van der Waals surface area contributed by atoms with Crippen molar-refractivity contribution >= 4 is 40.4 Å². The highest BCUT2D eigenvalue weighted by atomic mass is 35.5. The highest BCUT2D eigenvalue weighted by molar-refractivity contribution is 7.08. The van der Waals surface area contributed by atoms with Crippen LogP contribution in [0.4, 0.5) is 0 Å². The number of hydrogen-bond acceptors (Lipinski definition) is 6. The van der Waals surface area contributed by atoms with Crippen molar-refractivity contribution in [3.8, 4) is 11.3 Å². The van der Waals surface area contributed by atoms with Crippen LogP contribution in [0.15, 0.2) is 53.5 Å². The number of halogens is 1. The number of nitrogens with zero attached hydrogens (tertiary/aromatic N) is 3. The summed E-state index contributed by atoms with van der Waals surface area (Å²) in [7, 11) is 0. The third kappa shape index (κ3) is 5.70. The van der Waals surface area contributed by atoms with E-state index in [-0.39, 0.29) is 31.0 Å². The molecule has 4 heterocycles. The number of thiophene rings is 1. The highest BCUT2D eigenvalue weighted by Gasteiger charge is 2.25. The van der Waals surface area contributed by atoms with E-state index in [0.29, 0.717) is 40.1 Å². The number of hydrogen-bond donors (Lipinski definition) is 3. The van der Waals surface area contributed by atoms with Gasteiger partial charge in [0, 0.05) is 29.9 Å². The van der Waals surface area contributed by atoms with Crippen molar-refractivity contribution in [2.75, 3.05) is 6.61 Å². The third-order valence-electron chi connectivity index (χ3n) is 5.46. The number of carbonyl (C=O) groups excluding carboxylic acids is 2. The Bertz CT molecular complexity index is 1320. The van der Waals surface area contributed by atoms with Gasteiger partial charge < -0.3 is 15.7 Å². The summed E-state index contributed by atoms with van der Waals surface area (Å²) in [5.74, 6) is -0.382. The topological polar surface area (TPSA) is 109 Å². The lowest BCUT2D eigenvalue weighted by Crippen LogP contribution is -2.39. The Morgan fingerprint density at radius 2 is 2.03 bits per heavy atom. The van der Waals surface area contributed by atoms with Crippen molar-refractivity contribution in [2.45, 2.75) is 32.9 Å². The quantitative estimate of drug-likeness (QED) is 0.292. The second kappa shape index (κ2) is 11.0. The van der Waals surface area contributed by atoms with Crippen LogP contribution in [-0.4, -0.2) is 43.9 Å². The fraction of sp³-hybridized carbons (Fsp3) is 0.280. The minimum Gasteiger partial charge on any atom is -0.394 e. The molecule has 8 nitrogen and oxygen atoms in total. The first-order valence-corrected chi connectivity index (χ1v) is 12.5. The van der Waals surface area contributed by atoms with Gasteiger partial charge in [-0.25, -0.2) is 9.97 Å². The zero-order valence-electron chi connectivity index (χ0n) is 19.4. The number of aliphatic hydroxyl groups is 1. The van der Waals surface area contributed by atoms with E-state index in [0.717, 1.165) is 11.1 Å². The molecular formula is C25H26ClN5O3S. The molecule has 0 aromatic carbocycles. The molecule has 4 rings (SSSR count). The van der Waals surface area contributed by atoms with E-state index in [1.165, 1.54) is 11.3 Å². The summed E-state index contributed by atoms with van der Waals surface area (Å²) in [6.07, 6.45) is 3.95. The largest absolute Gasteiger partial charge is 0.394 e. The molecule has 10 heteroatoms. The standard InChI is InChI=1S/C25H26ClN5O3S/c1-15(2)10-18(13-32)29-25(34)22-21(17-7-9-35-14-17)30-23-19(4-3-8-31(22)23)24(33)28-12-16-5-6-20(26)27-11-16/h3-9,11,14-15,18,32H,10,12-13H2,1-2H3,(H,28,33)(H,29,34)/t18-/m0/s1. The van der Waals surface area contributed by atoms with Crippen LogP contribution in [0.1, 0.15) is 46.7 Å². The van der Waals surface area contributed by atoms with Crippen molar-refractivity contribution in [2.24, 2.45) is 5.92 Å². The first kappa shape index (κ1) is 24.8. The second-order valence-corrected chi connectivity index (χ2v) is 9.76. The molecule has 0 bridgehead atoms. The van der Waals surface area contributed by atoms with Crippen molar-refractivity contribution in [1.82, 2.24) is 25.0 Å². The zero-order valence-corrected chi connectivity index (χ0v) is 20.9. The molecule has 0 unspecified atom stereocenters. The van der Waals surface area contributed by atoms with Gasteiger partial charge in [0.05, 0.1) is 18.2 Å². The van der Waals surface area contributed by atoms with Crippen molar-refractivity contribution < 1.29 is 14.7 Å². The van der Waals surface area contributed by atoms with Gasteiger partial charge in [-0.1, -0.05) is 31.5 Å². The number of fused-ring (bicyclic) bond motifs is 1. The summed E-state index contributed by atoms with van der Waals surface area (Å²) in [5, 5.41) is 19.8. The van der Waals surface area contributed by atoms with Gasteiger partial charge in [0.2, 0.25) is 0 Å². The van der Waals surface area contributed by atoms with Gasteiger partial charge >= 0.3 is 0 Å². The predicted molar refractivity (Wildman–Crippen MR) is 137 cm³/mol. The lowest BCUT2D eigenvalue weighted by molar-refractivity contribution is 0.0901. The van der Waals surface area contributed by atoms with Crippen LogP contribution >= 0.6 is 22.9 Å². The molecule has 4 aromatic heterocycles. The minimum absolute atomic E-state index is 0.165. The Labute approximate surface area is 212 Å². The van der Waals surface area contributed by atoms with E-state index in [4.69, 9.17) is 16.6 Å². The maximum atomic E-state index is 13.4. The first-order valence-electron chi connectivity index (χ1n) is 11.2. The predicted octanol–water partition coefficient (Wildman–Crippen LogP) is 4.18. The molecule has 0 spiro atoms. The van der Waals surface area contributed by atoms with Gasteiger partial charge in [-0.15, -0.1) is 0 Å². The summed E-state index contributed by atoms with van der Waals surface area (Å²) >= 11 is 7.32. The van der Waals surface area contributed by atoms with Gasteiger partial charge in [0.15, 0.2) is 5.65 Å². The fourth-order valence-electron chi connectivity index (χ4n) is 3.85. The molecule has 0 aliphatic heterocycles. The van der Waals surface area contributed by atoms with Crippen LogP contribution in [0.25, 0.3) is 16.9 Å². The Hall–Kier alpha value is -3.27. The molecule has 1 atom stereocenters. The lowest BCUT2D eigenvalue weighted by atomic mass is 10.0. The maximum absolute atomic E-state index is 13.4. The summed E-state index contributed by atoms with van der Waals surface area (Å²) in [6.45, 7) is 4.17. The number of aromatic nitrogens is 3. The van der Waals surface area contributed by atoms with E-state index in [9.17, 15) is 14.7 Å². The molecule has 0 saturated carbocycles. The van der Waals surface area contributed by atoms with Gasteiger partial charge in [0.1, 0.15) is 16.5 Å². The third-order valence-corrected chi connectivity index (χ3v) is 6.36. The number of amides is 2. The molecule has 0 aliphatic carbocycles. The minimum atomic E-state index is -0.386. The molecule has 35 heavy (non-hydrogen) atoms. The average Bonchev–Trinajstić information content (AvgIpc) is 3.50. The Kier molecular flexibility index (Phi) is 7.80. The Morgan fingerprint density at radius 1 is 1.20 bits per heavy atom. The molecule has 182 valence electrons. The summed E-state index contributed by atoms with van der Waals surface area (Å²) in [5.41, 5.74) is 3.09. The number of imidazole rings is 1. The Balaban J connectivity index is 1.69. The van der Waals surface area contributed by atoms with Crippen LogP contribution in [0.3, 0.4) is 0 Å². The van der Waals surface area contributed by atoms with Crippen LogP contribution in [0, 0.1) is 5.92 Å². The number of pyridine rings is 2. The van der Waals surface area contributed by atoms with E-state index < -0.39 is 0 Å². The summed E-state index contributed by atoms with van der Waals surface area (Å²) in [4.78, 5) is 35.2. The zero-order chi connectivity index (χ0) is 24.9. The smallest absolute Gasteiger partial charge is 0.270 e. The van der Waals surface area contributed by atoms with Crippen molar-refractivity contribution in [3.05, 3.63) is 75.5 Å². The van der Waals surface area contributed by atoms with Gasteiger partial charge in [0.25, 0.3) is 11.8 Å². The number of rotatable bonds is 9. The molecule has 0 radical (unpaired) electrons. The van der Waals surface area contributed by atoms with Crippen LogP contribution in [-0.2, 0) is 6.54 Å². The molecule has 3 N–H and O–H groups in total. The van der Waals surface area contributed by atoms with Gasteiger partial charge in [-0.05, 0) is 47.5 Å². The molecule has 2 amide bonds. The lowest BCUT2D eigenvalue weighted by Gasteiger charge is -2.18. The normalized spacial score (nSPS) is 12.1. The van der Waals surface area contributed by atoms with Crippen LogP contribution in [0.2, 0.25) is 5.15 Å². The highest BCUT2D eigenvalue weighted by Crippen LogP contribution is 2.28. The van der Waals surface area contributed by atoms with Crippen molar-refractivity contribution in [1.29, 1.82) is 0 Å². The SMILES string of the molecule is CC(C)C[C@@H](CO)NC(=O)c1c(-c2ccsc2)nc2c(C(=O)NCc3ccc(Cl)nc3)cccn12. The van der Waals surface area contributed by atoms with E-state index >= 15 is 0 Å². The summed E-state index contributed by atoms with van der Waals surface area (Å²) in [6, 6.07) is 8.33. The second-order valence-electron chi connectivity index (χ2n) is 8.59. The van der Waals surface area contributed by atoms with E-state index in [2.05, 4.69) is 15.6 Å².